The minimum Gasteiger partial charge on any atom is -0.372 e. The minimum atomic E-state index is -4.56. The highest BCUT2D eigenvalue weighted by atomic mass is 32.1. The van der Waals surface area contributed by atoms with Gasteiger partial charge in [0.25, 0.3) is 0 Å². The van der Waals surface area contributed by atoms with Crippen molar-refractivity contribution < 1.29 is 18.0 Å². The lowest BCUT2D eigenvalue weighted by Crippen LogP contribution is -2.56. The lowest BCUT2D eigenvalue weighted by Gasteiger charge is -2.41. The Hall–Kier alpha value is -2.04. The Balaban J connectivity index is 2.01. The van der Waals surface area contributed by atoms with Crippen molar-refractivity contribution in [2.45, 2.75) is 35.3 Å². The Morgan fingerprint density at radius 3 is 2.27 bits per heavy atom. The minimum absolute atomic E-state index is 0.0181. The number of nitrogens with one attached hydrogen (secondary N) is 2. The molecule has 0 saturated carbocycles. The van der Waals surface area contributed by atoms with E-state index in [1.807, 2.05) is 52.0 Å². The molecule has 170 valence electrons. The number of carbonyl (C=O) groups is 1. The van der Waals surface area contributed by atoms with Gasteiger partial charge in [0.05, 0.1) is 34.6 Å². The number of hydrogen-bond donors (Lipinski definition) is 2. The smallest absolute Gasteiger partial charge is 0.372 e. The normalized spacial score (nSPS) is 19.7. The molecule has 2 aromatic rings. The van der Waals surface area contributed by atoms with Crippen molar-refractivity contribution in [2.75, 3.05) is 24.2 Å². The summed E-state index contributed by atoms with van der Waals surface area (Å²) in [7, 11) is 13.6. The zero-order valence-electron chi connectivity index (χ0n) is 20.2. The number of hydrogen-bond acceptors (Lipinski definition) is 7. The molecule has 1 aliphatic rings. The van der Waals surface area contributed by atoms with Crippen LogP contribution < -0.4 is 10.6 Å². The first-order valence-electron chi connectivity index (χ1n) is 10.7. The fourth-order valence-electron chi connectivity index (χ4n) is 4.21. The molecular formula is C16H25B6F3N6OS. The van der Waals surface area contributed by atoms with Gasteiger partial charge in [0.1, 0.15) is 44.9 Å². The van der Waals surface area contributed by atoms with Crippen LogP contribution in [0.5, 0.6) is 0 Å². The molecule has 1 saturated heterocycles. The van der Waals surface area contributed by atoms with Crippen LogP contribution in [0.1, 0.15) is 22.7 Å². The number of nitrogens with zero attached hydrogens (tertiary/aromatic N) is 4. The standard InChI is InChI=1S/C16H25B6F3N6OS/c1-6-9(30-12-27-5-7(14(23,24)25)8(26-2)29-12)33-10(28-6)13(15(17,18)19)3-4-31(11(13)32)16(20,21)22/h5H,3-4,17-22H2,1-2H3,(H2,26,27,29,30). The topological polar surface area (TPSA) is 83.0 Å². The van der Waals surface area contributed by atoms with Gasteiger partial charge in [-0.25, -0.2) is 9.97 Å². The van der Waals surface area contributed by atoms with Crippen molar-refractivity contribution in [1.29, 1.82) is 0 Å². The third-order valence-corrected chi connectivity index (χ3v) is 7.36. The summed E-state index contributed by atoms with van der Waals surface area (Å²) in [6.45, 7) is 2.43. The van der Waals surface area contributed by atoms with Gasteiger partial charge in [-0.1, -0.05) is 16.4 Å². The largest absolute Gasteiger partial charge is 0.421 e. The van der Waals surface area contributed by atoms with Gasteiger partial charge in [-0.05, 0) is 18.6 Å². The van der Waals surface area contributed by atoms with Crippen LogP contribution in [0.15, 0.2) is 6.20 Å². The summed E-state index contributed by atoms with van der Waals surface area (Å²) < 4.78 is 39.5. The predicted octanol–water partition coefficient (Wildman–Crippen LogP) is -3.00. The molecule has 0 aromatic carbocycles. The SMILES string of the molecule is BC(B)(B)N1CCC(c2nc(C)c(Nc3ncc(C(F)(F)F)c(NC)n3)s2)(C(B)(B)B)C1=O. The maximum atomic E-state index is 13.7. The number of rotatable bonds is 6. The summed E-state index contributed by atoms with van der Waals surface area (Å²) in [5.74, 6) is -0.254. The molecule has 0 spiro atoms. The Labute approximate surface area is 200 Å². The summed E-state index contributed by atoms with van der Waals surface area (Å²) in [6, 6.07) is 0. The second kappa shape index (κ2) is 8.32. The van der Waals surface area contributed by atoms with E-state index in [2.05, 4.69) is 20.6 Å². The highest BCUT2D eigenvalue weighted by molar-refractivity contribution is 7.16. The van der Waals surface area contributed by atoms with Gasteiger partial charge in [0.2, 0.25) is 11.9 Å². The second-order valence-electron chi connectivity index (χ2n) is 10.3. The Morgan fingerprint density at radius 2 is 1.79 bits per heavy atom. The number of alkyl halides is 3. The molecule has 3 heterocycles. The summed E-state index contributed by atoms with van der Waals surface area (Å²) in [5, 5.41) is 6.04. The molecule has 1 atom stereocenters. The van der Waals surface area contributed by atoms with E-state index in [0.717, 1.165) is 6.20 Å². The van der Waals surface area contributed by atoms with E-state index in [0.29, 0.717) is 28.7 Å². The number of carbonyl (C=O) groups excluding carboxylic acids is 1. The molecule has 33 heavy (non-hydrogen) atoms. The average Bonchev–Trinajstić information content (AvgIpc) is 3.21. The van der Waals surface area contributed by atoms with Crippen LogP contribution in [-0.2, 0) is 16.4 Å². The van der Waals surface area contributed by atoms with Crippen LogP contribution in [0, 0.1) is 6.92 Å². The van der Waals surface area contributed by atoms with Crippen LogP contribution >= 0.6 is 11.3 Å². The molecule has 7 nitrogen and oxygen atoms in total. The zero-order valence-corrected chi connectivity index (χ0v) is 21.0. The molecule has 1 aliphatic heterocycles. The zero-order chi connectivity index (χ0) is 25.0. The van der Waals surface area contributed by atoms with Gasteiger partial charge in [0.15, 0.2) is 0 Å². The third kappa shape index (κ3) is 4.52. The fraction of sp³-hybridized carbons (Fsp3) is 0.500. The quantitative estimate of drug-likeness (QED) is 0.438. The molecule has 0 bridgehead atoms. The maximum absolute atomic E-state index is 13.7. The number of thiazole rings is 1. The van der Waals surface area contributed by atoms with E-state index < -0.39 is 22.3 Å². The molecule has 2 aromatic heterocycles. The molecule has 2 N–H and O–H groups in total. The van der Waals surface area contributed by atoms with E-state index in [1.165, 1.54) is 18.4 Å². The van der Waals surface area contributed by atoms with Crippen LogP contribution in [0.3, 0.4) is 0 Å². The summed E-state index contributed by atoms with van der Waals surface area (Å²) in [5.41, 5.74) is -1.11. The maximum Gasteiger partial charge on any atom is 0.421 e. The second-order valence-corrected chi connectivity index (χ2v) is 11.3. The van der Waals surface area contributed by atoms with Gasteiger partial charge in [0, 0.05) is 19.8 Å². The summed E-state index contributed by atoms with van der Waals surface area (Å²) in [4.78, 5) is 28.2. The molecule has 17 heteroatoms. The first-order valence-corrected chi connectivity index (χ1v) is 11.5. The third-order valence-electron chi connectivity index (χ3n) is 6.13. The van der Waals surface area contributed by atoms with Crippen molar-refractivity contribution in [3.63, 3.8) is 0 Å². The van der Waals surface area contributed by atoms with Crippen molar-refractivity contribution >= 4 is 81.1 Å². The summed E-state index contributed by atoms with van der Waals surface area (Å²) in [6.07, 6.45) is -3.18. The molecule has 1 fully saturated rings. The molecule has 1 unspecified atom stereocenters. The Kier molecular flexibility index (Phi) is 6.45. The number of anilines is 3. The Bertz CT molecular complexity index is 1070. The summed E-state index contributed by atoms with van der Waals surface area (Å²) >= 11 is 1.32. The van der Waals surface area contributed by atoms with Crippen LogP contribution in [-0.4, -0.2) is 91.7 Å². The van der Waals surface area contributed by atoms with E-state index in [4.69, 9.17) is 4.98 Å². The first-order chi connectivity index (χ1) is 15.0. The van der Waals surface area contributed by atoms with Crippen molar-refractivity contribution in [3.05, 3.63) is 22.5 Å². The highest BCUT2D eigenvalue weighted by Gasteiger charge is 2.58. The molecule has 0 radical (unpaired) electrons. The number of amides is 1. The molecule has 1 amide bonds. The molecular weight excluding hydrogens is 446 g/mol. The lowest BCUT2D eigenvalue weighted by molar-refractivity contribution is -0.137. The number of aryl methyl sites for hydroxylation is 1. The van der Waals surface area contributed by atoms with Crippen molar-refractivity contribution in [3.8, 4) is 0 Å². The van der Waals surface area contributed by atoms with E-state index in [-0.39, 0.29) is 22.9 Å². The van der Waals surface area contributed by atoms with Gasteiger partial charge >= 0.3 is 6.18 Å². The predicted molar refractivity (Wildman–Crippen MR) is 141 cm³/mol. The first kappa shape index (κ1) is 25.6. The van der Waals surface area contributed by atoms with Gasteiger partial charge < -0.3 is 15.5 Å². The van der Waals surface area contributed by atoms with Gasteiger partial charge in [-0.15, -0.1) is 0 Å². The van der Waals surface area contributed by atoms with Crippen LogP contribution in [0.2, 0.25) is 5.11 Å². The van der Waals surface area contributed by atoms with Crippen molar-refractivity contribution in [2.24, 2.45) is 0 Å². The highest BCUT2D eigenvalue weighted by Crippen LogP contribution is 2.51. The molecule has 3 rings (SSSR count). The Morgan fingerprint density at radius 1 is 1.15 bits per heavy atom. The average molecular weight is 471 g/mol. The van der Waals surface area contributed by atoms with E-state index in [1.54, 1.807) is 6.92 Å². The van der Waals surface area contributed by atoms with E-state index in [9.17, 15) is 18.0 Å². The number of aromatic nitrogens is 3. The number of likely N-dealkylation sites (tertiary alicyclic amines) is 1. The van der Waals surface area contributed by atoms with Crippen LogP contribution in [0.4, 0.5) is 29.9 Å². The van der Waals surface area contributed by atoms with Crippen LogP contribution in [0.25, 0.3) is 0 Å². The van der Waals surface area contributed by atoms with Gasteiger partial charge in [-0.2, -0.15) is 18.2 Å². The lowest BCUT2D eigenvalue weighted by atomic mass is 9.32. The number of halogens is 3. The fourth-order valence-corrected chi connectivity index (χ4v) is 5.59. The van der Waals surface area contributed by atoms with Crippen molar-refractivity contribution in [1.82, 2.24) is 19.9 Å². The van der Waals surface area contributed by atoms with E-state index >= 15 is 0 Å². The molecule has 0 aliphatic carbocycles. The monoisotopic (exact) mass is 472 g/mol. The van der Waals surface area contributed by atoms with Gasteiger partial charge in [-0.3, -0.25) is 4.79 Å².